The Labute approximate surface area is 155 Å². The van der Waals surface area contributed by atoms with E-state index in [4.69, 9.17) is 0 Å². The Balaban J connectivity index is 1.81. The minimum Gasteiger partial charge on any atom is -0.395 e. The molecule has 138 valence electrons. The molecule has 0 saturated carbocycles. The van der Waals surface area contributed by atoms with Gasteiger partial charge in [0.15, 0.2) is 0 Å². The Morgan fingerprint density at radius 2 is 2.11 bits per heavy atom. The first-order valence-corrected chi connectivity index (χ1v) is 8.88. The van der Waals surface area contributed by atoms with Gasteiger partial charge in [-0.15, -0.1) is 0 Å². The summed E-state index contributed by atoms with van der Waals surface area (Å²) in [5.41, 5.74) is 0.648. The topological polar surface area (TPSA) is 101 Å². The van der Waals surface area contributed by atoms with Crippen LogP contribution in [0.25, 0.3) is 10.9 Å². The van der Waals surface area contributed by atoms with Crippen molar-refractivity contribution in [3.63, 3.8) is 0 Å². The number of rotatable bonds is 4. The van der Waals surface area contributed by atoms with Crippen LogP contribution in [0.2, 0.25) is 0 Å². The fraction of sp³-hybridized carbons (Fsp3) is 0.316. The molecule has 27 heavy (non-hydrogen) atoms. The average molecular weight is 365 g/mol. The summed E-state index contributed by atoms with van der Waals surface area (Å²) in [5.74, 6) is 0.269. The first-order chi connectivity index (χ1) is 13.2. The van der Waals surface area contributed by atoms with E-state index in [1.807, 2.05) is 6.07 Å². The zero-order valence-corrected chi connectivity index (χ0v) is 14.7. The van der Waals surface area contributed by atoms with Crippen LogP contribution in [-0.4, -0.2) is 48.6 Å². The van der Waals surface area contributed by atoms with Crippen molar-refractivity contribution in [2.24, 2.45) is 0 Å². The molecule has 1 N–H and O–H groups in total. The lowest BCUT2D eigenvalue weighted by Gasteiger charge is -2.26. The highest BCUT2D eigenvalue weighted by atomic mass is 16.3. The number of para-hydroxylation sites is 1. The van der Waals surface area contributed by atoms with Gasteiger partial charge in [-0.1, -0.05) is 12.1 Å². The molecule has 0 radical (unpaired) electrons. The number of carbonyl (C=O) groups excluding carboxylic acids is 1. The third kappa shape index (κ3) is 3.08. The molecule has 1 aliphatic heterocycles. The van der Waals surface area contributed by atoms with Gasteiger partial charge in [0.1, 0.15) is 11.5 Å². The molecule has 1 atom stereocenters. The lowest BCUT2D eigenvalue weighted by Crippen LogP contribution is -2.36. The van der Waals surface area contributed by atoms with Crippen molar-refractivity contribution in [2.75, 3.05) is 13.2 Å². The molecule has 3 heterocycles. The smallest absolute Gasteiger partial charge is 0.274 e. The van der Waals surface area contributed by atoms with Crippen LogP contribution in [0.1, 0.15) is 35.2 Å². The number of amides is 1. The third-order valence-electron chi connectivity index (χ3n) is 4.81. The van der Waals surface area contributed by atoms with E-state index < -0.39 is 0 Å². The van der Waals surface area contributed by atoms with Gasteiger partial charge < -0.3 is 10.0 Å². The van der Waals surface area contributed by atoms with Crippen LogP contribution < -0.4 is 5.56 Å². The molecule has 1 aromatic carbocycles. The number of nitrogens with zero attached hydrogens (tertiary/aromatic N) is 5. The highest BCUT2D eigenvalue weighted by molar-refractivity contribution is 5.92. The maximum Gasteiger partial charge on any atom is 0.274 e. The van der Waals surface area contributed by atoms with E-state index in [0.717, 1.165) is 6.42 Å². The Hall–Kier alpha value is -3.13. The summed E-state index contributed by atoms with van der Waals surface area (Å²) in [7, 11) is 0. The fourth-order valence-corrected chi connectivity index (χ4v) is 3.59. The van der Waals surface area contributed by atoms with Crippen molar-refractivity contribution in [2.45, 2.75) is 25.4 Å². The van der Waals surface area contributed by atoms with Gasteiger partial charge in [0.25, 0.3) is 11.5 Å². The second-order valence-electron chi connectivity index (χ2n) is 6.41. The number of likely N-dealkylation sites (tertiary alicyclic amines) is 1. The number of hydrogen-bond donors (Lipinski definition) is 1. The number of carbonyl (C=O) groups is 1. The van der Waals surface area contributed by atoms with Gasteiger partial charge in [0, 0.05) is 18.9 Å². The van der Waals surface area contributed by atoms with Crippen LogP contribution >= 0.6 is 0 Å². The second kappa shape index (κ2) is 7.24. The van der Waals surface area contributed by atoms with Crippen molar-refractivity contribution >= 4 is 16.8 Å². The Kier molecular flexibility index (Phi) is 4.64. The monoisotopic (exact) mass is 365 g/mol. The van der Waals surface area contributed by atoms with Gasteiger partial charge in [-0.2, -0.15) is 0 Å². The largest absolute Gasteiger partial charge is 0.395 e. The van der Waals surface area contributed by atoms with Gasteiger partial charge >= 0.3 is 0 Å². The summed E-state index contributed by atoms with van der Waals surface area (Å²) in [6.45, 7) is 0.509. The third-order valence-corrected chi connectivity index (χ3v) is 4.81. The first-order valence-electron chi connectivity index (χ1n) is 8.88. The van der Waals surface area contributed by atoms with E-state index >= 15 is 0 Å². The van der Waals surface area contributed by atoms with E-state index in [1.54, 1.807) is 23.1 Å². The normalized spacial score (nSPS) is 16.8. The standard InChI is InChI=1S/C19H19N5O3/c25-11-10-24-17(22-14-5-2-1-4-13(14)18(24)26)16-6-3-9-23(16)19(27)15-12-20-7-8-21-15/h1-2,4-5,7-8,12,16,25H,3,6,9-11H2. The number of aliphatic hydroxyl groups is 1. The molecule has 1 unspecified atom stereocenters. The van der Waals surface area contributed by atoms with Gasteiger partial charge in [0.2, 0.25) is 0 Å². The van der Waals surface area contributed by atoms with Crippen molar-refractivity contribution in [1.82, 2.24) is 24.4 Å². The Morgan fingerprint density at radius 1 is 1.26 bits per heavy atom. The van der Waals surface area contributed by atoms with Crippen LogP contribution in [0.4, 0.5) is 0 Å². The summed E-state index contributed by atoms with van der Waals surface area (Å²) < 4.78 is 1.48. The van der Waals surface area contributed by atoms with Crippen LogP contribution in [0, 0.1) is 0 Å². The van der Waals surface area contributed by atoms with E-state index in [9.17, 15) is 14.7 Å². The van der Waals surface area contributed by atoms with Gasteiger partial charge in [-0.25, -0.2) is 9.97 Å². The van der Waals surface area contributed by atoms with Crippen LogP contribution in [0.3, 0.4) is 0 Å². The molecule has 2 aromatic heterocycles. The van der Waals surface area contributed by atoms with Crippen molar-refractivity contribution < 1.29 is 9.90 Å². The predicted octanol–water partition coefficient (Wildman–Crippen LogP) is 1.16. The molecule has 3 aromatic rings. The number of fused-ring (bicyclic) bond motifs is 1. The van der Waals surface area contributed by atoms with E-state index in [2.05, 4.69) is 15.0 Å². The molecule has 0 spiro atoms. The molecule has 1 amide bonds. The molecule has 8 nitrogen and oxygen atoms in total. The van der Waals surface area contributed by atoms with Crippen molar-refractivity contribution in [3.8, 4) is 0 Å². The fourth-order valence-electron chi connectivity index (χ4n) is 3.59. The zero-order chi connectivity index (χ0) is 18.8. The first kappa shape index (κ1) is 17.3. The molecular weight excluding hydrogens is 346 g/mol. The van der Waals surface area contributed by atoms with Crippen LogP contribution in [0.15, 0.2) is 47.7 Å². The molecule has 1 saturated heterocycles. The Morgan fingerprint density at radius 3 is 2.89 bits per heavy atom. The van der Waals surface area contributed by atoms with E-state index in [0.29, 0.717) is 29.7 Å². The van der Waals surface area contributed by atoms with Crippen molar-refractivity contribution in [1.29, 1.82) is 0 Å². The summed E-state index contributed by atoms with van der Waals surface area (Å²) in [6.07, 6.45) is 5.93. The van der Waals surface area contributed by atoms with E-state index in [1.165, 1.54) is 23.2 Å². The molecule has 4 rings (SSSR count). The molecule has 8 heteroatoms. The summed E-state index contributed by atoms with van der Waals surface area (Å²) in [5, 5.41) is 9.95. The molecule has 1 aliphatic rings. The van der Waals surface area contributed by atoms with Crippen molar-refractivity contribution in [3.05, 3.63) is 64.7 Å². The molecule has 1 fully saturated rings. The number of aromatic nitrogens is 4. The molecular formula is C19H19N5O3. The summed E-state index contributed by atoms with van der Waals surface area (Å²) in [6, 6.07) is 6.77. The SMILES string of the molecule is O=C(c1cnccn1)N1CCCC1c1nc2ccccc2c(=O)n1CCO. The lowest BCUT2D eigenvalue weighted by atomic mass is 10.1. The minimum atomic E-state index is -0.344. The van der Waals surface area contributed by atoms with Crippen LogP contribution in [0.5, 0.6) is 0 Å². The minimum absolute atomic E-state index is 0.135. The Bertz CT molecular complexity index is 1030. The molecule has 0 aliphatic carbocycles. The summed E-state index contributed by atoms with van der Waals surface area (Å²) >= 11 is 0. The number of benzene rings is 1. The zero-order valence-electron chi connectivity index (χ0n) is 14.7. The predicted molar refractivity (Wildman–Crippen MR) is 98.1 cm³/mol. The highest BCUT2D eigenvalue weighted by Gasteiger charge is 2.34. The number of hydrogen-bond acceptors (Lipinski definition) is 6. The lowest BCUT2D eigenvalue weighted by molar-refractivity contribution is 0.0719. The number of aliphatic hydroxyl groups excluding tert-OH is 1. The quantitative estimate of drug-likeness (QED) is 0.744. The van der Waals surface area contributed by atoms with E-state index in [-0.39, 0.29) is 36.4 Å². The van der Waals surface area contributed by atoms with Gasteiger partial charge in [0.05, 0.1) is 36.3 Å². The molecule has 0 bridgehead atoms. The maximum atomic E-state index is 12.9. The maximum absolute atomic E-state index is 12.9. The van der Waals surface area contributed by atoms with Crippen LogP contribution in [-0.2, 0) is 6.54 Å². The average Bonchev–Trinajstić information content (AvgIpc) is 3.20. The van der Waals surface area contributed by atoms with Gasteiger partial charge in [-0.05, 0) is 25.0 Å². The highest BCUT2D eigenvalue weighted by Crippen LogP contribution is 2.32. The summed E-state index contributed by atoms with van der Waals surface area (Å²) in [4.78, 5) is 40.3. The second-order valence-corrected chi connectivity index (χ2v) is 6.41. The van der Waals surface area contributed by atoms with Gasteiger partial charge in [-0.3, -0.25) is 19.1 Å².